The van der Waals surface area contributed by atoms with Crippen molar-refractivity contribution < 1.29 is 32.7 Å². The Morgan fingerprint density at radius 2 is 1.80 bits per heavy atom. The molecular weight excluding hydrogens is 418 g/mol. The van der Waals surface area contributed by atoms with Crippen molar-refractivity contribution in [1.82, 2.24) is 20.9 Å². The molecule has 0 unspecified atom stereocenters. The molecule has 0 radical (unpaired) electrons. The predicted molar refractivity (Wildman–Crippen MR) is 102 cm³/mol. The summed E-state index contributed by atoms with van der Waals surface area (Å²) in [6.45, 7) is 2.50. The number of carbonyl (C=O) groups excluding carboxylic acids is 3. The number of nitrogens with one attached hydrogen (secondary N) is 3. The maximum atomic E-state index is 12.1. The van der Waals surface area contributed by atoms with Crippen LogP contribution in [0.15, 0.2) is 17.2 Å². The van der Waals surface area contributed by atoms with Gasteiger partial charge in [0.05, 0.1) is 5.56 Å². The maximum Gasteiger partial charge on any atom is 0.325 e. The van der Waals surface area contributed by atoms with E-state index in [0.717, 1.165) is 12.3 Å². The van der Waals surface area contributed by atoms with Crippen molar-refractivity contribution in [1.29, 1.82) is 5.26 Å². The lowest BCUT2D eigenvalue weighted by molar-refractivity contribution is -0.141. The van der Waals surface area contributed by atoms with Crippen LogP contribution in [0.25, 0.3) is 0 Å². The lowest BCUT2D eigenvalue weighted by atomic mass is 10.2. The molecule has 0 aromatic carbocycles. The van der Waals surface area contributed by atoms with Gasteiger partial charge in [0.1, 0.15) is 23.8 Å². The molecular formula is C17H21N5O7S. The van der Waals surface area contributed by atoms with Crippen LogP contribution >= 0.6 is 0 Å². The second kappa shape index (κ2) is 10.3. The Kier molecular flexibility index (Phi) is 8.42. The van der Waals surface area contributed by atoms with E-state index in [1.54, 1.807) is 6.07 Å². The van der Waals surface area contributed by atoms with Crippen LogP contribution in [0.3, 0.4) is 0 Å². The molecule has 0 spiro atoms. The highest BCUT2D eigenvalue weighted by atomic mass is 32.2. The number of nitrogens with zero attached hydrogens (tertiary/aromatic N) is 2. The van der Waals surface area contributed by atoms with E-state index in [1.807, 2.05) is 0 Å². The minimum atomic E-state index is -3.82. The van der Waals surface area contributed by atoms with Crippen LogP contribution in [-0.2, 0) is 24.2 Å². The first-order valence-electron chi connectivity index (χ1n) is 8.58. The Hall–Kier alpha value is -3.53. The molecule has 0 bridgehead atoms. The van der Waals surface area contributed by atoms with Gasteiger partial charge in [-0.05, 0) is 26.0 Å². The van der Waals surface area contributed by atoms with Crippen LogP contribution in [0.2, 0.25) is 0 Å². The zero-order chi connectivity index (χ0) is 23.1. The molecule has 2 atom stereocenters. The number of amides is 3. The summed E-state index contributed by atoms with van der Waals surface area (Å²) in [5.74, 6) is -3.23. The van der Waals surface area contributed by atoms with Gasteiger partial charge in [0.15, 0.2) is 14.9 Å². The Morgan fingerprint density at radius 3 is 2.33 bits per heavy atom. The normalized spacial score (nSPS) is 12.7. The summed E-state index contributed by atoms with van der Waals surface area (Å²) in [7, 11) is -3.82. The van der Waals surface area contributed by atoms with Crippen molar-refractivity contribution in [2.45, 2.75) is 37.4 Å². The van der Waals surface area contributed by atoms with Crippen molar-refractivity contribution in [2.24, 2.45) is 0 Å². The maximum absolute atomic E-state index is 12.1. The average Bonchev–Trinajstić information content (AvgIpc) is 2.66. The van der Waals surface area contributed by atoms with Gasteiger partial charge >= 0.3 is 5.97 Å². The van der Waals surface area contributed by atoms with Crippen molar-refractivity contribution >= 4 is 33.5 Å². The Balaban J connectivity index is 2.61. The largest absolute Gasteiger partial charge is 0.480 e. The fourth-order valence-corrected chi connectivity index (χ4v) is 2.87. The molecule has 162 valence electrons. The molecule has 12 nitrogen and oxygen atoms in total. The van der Waals surface area contributed by atoms with Gasteiger partial charge in [-0.2, -0.15) is 5.26 Å². The van der Waals surface area contributed by atoms with Crippen LogP contribution in [-0.4, -0.2) is 67.1 Å². The first-order valence-corrected chi connectivity index (χ1v) is 10.5. The van der Waals surface area contributed by atoms with E-state index in [4.69, 9.17) is 10.4 Å². The molecule has 0 aliphatic heterocycles. The summed E-state index contributed by atoms with van der Waals surface area (Å²) in [6, 6.07) is 1.90. The SMILES string of the molecule is C[C@H](NC(=O)[C@H](C)NC(=O)CCNC(=O)c1ccc(C#N)c(S(C)(=O)=O)n1)C(=O)O. The van der Waals surface area contributed by atoms with E-state index in [2.05, 4.69) is 20.9 Å². The van der Waals surface area contributed by atoms with E-state index in [-0.39, 0.29) is 24.2 Å². The minimum absolute atomic E-state index is 0.138. The summed E-state index contributed by atoms with van der Waals surface area (Å²) in [5.41, 5.74) is -0.442. The average molecular weight is 439 g/mol. The minimum Gasteiger partial charge on any atom is -0.480 e. The molecule has 1 heterocycles. The number of carboxylic acids is 1. The fourth-order valence-electron chi connectivity index (χ4n) is 2.09. The number of aliphatic carboxylic acids is 1. The van der Waals surface area contributed by atoms with Gasteiger partial charge in [-0.3, -0.25) is 19.2 Å². The highest BCUT2D eigenvalue weighted by molar-refractivity contribution is 7.90. The van der Waals surface area contributed by atoms with Crippen LogP contribution in [0, 0.1) is 11.3 Å². The molecule has 1 aromatic heterocycles. The van der Waals surface area contributed by atoms with Crippen LogP contribution in [0.4, 0.5) is 0 Å². The first-order chi connectivity index (χ1) is 13.9. The van der Waals surface area contributed by atoms with Crippen molar-refractivity contribution in [2.75, 3.05) is 12.8 Å². The van der Waals surface area contributed by atoms with Gasteiger partial charge in [-0.1, -0.05) is 0 Å². The van der Waals surface area contributed by atoms with Crippen LogP contribution in [0.1, 0.15) is 36.3 Å². The smallest absolute Gasteiger partial charge is 0.325 e. The summed E-state index contributed by atoms with van der Waals surface area (Å²) < 4.78 is 23.4. The fraction of sp³-hybridized carbons (Fsp3) is 0.412. The Morgan fingerprint density at radius 1 is 1.17 bits per heavy atom. The Labute approximate surface area is 172 Å². The lowest BCUT2D eigenvalue weighted by Gasteiger charge is -2.16. The molecule has 0 aliphatic carbocycles. The van der Waals surface area contributed by atoms with E-state index >= 15 is 0 Å². The second-order valence-corrected chi connectivity index (χ2v) is 8.23. The van der Waals surface area contributed by atoms with Gasteiger partial charge < -0.3 is 21.1 Å². The van der Waals surface area contributed by atoms with Crippen molar-refractivity contribution in [3.05, 3.63) is 23.4 Å². The van der Waals surface area contributed by atoms with E-state index < -0.39 is 50.6 Å². The zero-order valence-electron chi connectivity index (χ0n) is 16.4. The van der Waals surface area contributed by atoms with Gasteiger partial charge in [0.2, 0.25) is 11.8 Å². The number of carbonyl (C=O) groups is 4. The predicted octanol–water partition coefficient (Wildman–Crippen LogP) is -1.43. The summed E-state index contributed by atoms with van der Waals surface area (Å²) in [4.78, 5) is 50.2. The molecule has 13 heteroatoms. The molecule has 0 saturated heterocycles. The molecule has 3 amide bonds. The summed E-state index contributed by atoms with van der Waals surface area (Å²) in [6.07, 6.45) is 0.657. The molecule has 0 fully saturated rings. The van der Waals surface area contributed by atoms with Gasteiger partial charge in [-0.15, -0.1) is 0 Å². The molecule has 0 aliphatic rings. The summed E-state index contributed by atoms with van der Waals surface area (Å²) >= 11 is 0. The monoisotopic (exact) mass is 439 g/mol. The number of hydrogen-bond donors (Lipinski definition) is 4. The number of pyridine rings is 1. The number of carboxylic acid groups (broad SMARTS) is 1. The number of aromatic nitrogens is 1. The standard InChI is InChI=1S/C17H21N5O7S/c1-9(14(24)21-10(2)17(26)27)20-13(23)6-7-19-15(25)12-5-4-11(8-18)16(22-12)30(3,28)29/h4-5,9-10H,6-7H2,1-3H3,(H,19,25)(H,20,23)(H,21,24)(H,26,27)/t9-,10-/m0/s1. The van der Waals surface area contributed by atoms with E-state index in [9.17, 15) is 27.6 Å². The highest BCUT2D eigenvalue weighted by Crippen LogP contribution is 2.13. The molecule has 4 N–H and O–H groups in total. The number of hydrogen-bond acceptors (Lipinski definition) is 8. The topological polar surface area (TPSA) is 195 Å². The van der Waals surface area contributed by atoms with E-state index in [1.165, 1.54) is 19.9 Å². The number of nitriles is 1. The molecule has 0 saturated carbocycles. The van der Waals surface area contributed by atoms with Crippen LogP contribution in [0.5, 0.6) is 0 Å². The van der Waals surface area contributed by atoms with Crippen molar-refractivity contribution in [3.63, 3.8) is 0 Å². The van der Waals surface area contributed by atoms with Gasteiger partial charge in [-0.25, -0.2) is 13.4 Å². The van der Waals surface area contributed by atoms with Gasteiger partial charge in [0, 0.05) is 19.2 Å². The molecule has 30 heavy (non-hydrogen) atoms. The third kappa shape index (κ3) is 7.13. The van der Waals surface area contributed by atoms with Crippen molar-refractivity contribution in [3.8, 4) is 6.07 Å². The number of sulfone groups is 1. The third-order valence-electron chi connectivity index (χ3n) is 3.70. The number of rotatable bonds is 9. The lowest BCUT2D eigenvalue weighted by Crippen LogP contribution is -2.49. The quantitative estimate of drug-likeness (QED) is 0.356. The summed E-state index contributed by atoms with van der Waals surface area (Å²) in [5, 5.41) is 24.1. The molecule has 1 rings (SSSR count). The first kappa shape index (κ1) is 24.5. The Bertz CT molecular complexity index is 1000. The van der Waals surface area contributed by atoms with E-state index in [0.29, 0.717) is 0 Å². The molecule has 1 aromatic rings. The second-order valence-electron chi connectivity index (χ2n) is 6.30. The highest BCUT2D eigenvalue weighted by Gasteiger charge is 2.21. The third-order valence-corrected chi connectivity index (χ3v) is 4.72. The van der Waals surface area contributed by atoms with Gasteiger partial charge in [0.25, 0.3) is 5.91 Å². The zero-order valence-corrected chi connectivity index (χ0v) is 17.2. The van der Waals surface area contributed by atoms with Crippen LogP contribution < -0.4 is 16.0 Å².